The van der Waals surface area contributed by atoms with Crippen LogP contribution in [0.4, 0.5) is 0 Å². The average Bonchev–Trinajstić information content (AvgIpc) is 2.75. The Morgan fingerprint density at radius 1 is 1.65 bits per heavy atom. The van der Waals surface area contributed by atoms with Gasteiger partial charge >= 0.3 is 0 Å². The van der Waals surface area contributed by atoms with Crippen LogP contribution in [0.15, 0.2) is 10.6 Å². The summed E-state index contributed by atoms with van der Waals surface area (Å²) in [6, 6.07) is 4.03. The molecule has 90 valence electrons. The normalized spacial score (nSPS) is 16.8. The Hall–Kier alpha value is -1.83. The van der Waals surface area contributed by atoms with Crippen LogP contribution in [0.3, 0.4) is 0 Å². The summed E-state index contributed by atoms with van der Waals surface area (Å²) in [5, 5.41) is 12.6. The molecule has 1 aliphatic rings. The molecule has 0 saturated carbocycles. The molecule has 1 aromatic rings. The summed E-state index contributed by atoms with van der Waals surface area (Å²) in [7, 11) is 0. The van der Waals surface area contributed by atoms with Crippen LogP contribution >= 0.6 is 0 Å². The zero-order valence-corrected chi connectivity index (χ0v) is 9.85. The third-order valence-electron chi connectivity index (χ3n) is 3.04. The van der Waals surface area contributed by atoms with Crippen LogP contribution in [0.1, 0.15) is 24.3 Å². The third kappa shape index (κ3) is 2.84. The highest BCUT2D eigenvalue weighted by atomic mass is 16.5. The van der Waals surface area contributed by atoms with E-state index in [1.54, 1.807) is 17.9 Å². The topological polar surface area (TPSA) is 70.1 Å². The second kappa shape index (κ2) is 5.00. The Bertz CT molecular complexity index is 439. The maximum absolute atomic E-state index is 11.9. The lowest BCUT2D eigenvalue weighted by atomic mass is 9.98. The molecule has 5 nitrogen and oxygen atoms in total. The van der Waals surface area contributed by atoms with Gasteiger partial charge in [0, 0.05) is 25.1 Å². The first kappa shape index (κ1) is 11.6. The van der Waals surface area contributed by atoms with Crippen molar-refractivity contribution in [2.45, 2.75) is 26.2 Å². The molecule has 0 radical (unpaired) electrons. The minimum atomic E-state index is 0.0645. The molecule has 1 aliphatic heterocycles. The Labute approximate surface area is 100.0 Å². The van der Waals surface area contributed by atoms with Crippen LogP contribution in [0, 0.1) is 24.2 Å². The molecule has 0 unspecified atom stereocenters. The van der Waals surface area contributed by atoms with Gasteiger partial charge in [-0.15, -0.1) is 0 Å². The van der Waals surface area contributed by atoms with E-state index >= 15 is 0 Å². The van der Waals surface area contributed by atoms with E-state index in [-0.39, 0.29) is 18.2 Å². The van der Waals surface area contributed by atoms with Crippen LogP contribution in [0.2, 0.25) is 0 Å². The number of carbonyl (C=O) groups excluding carboxylic acids is 1. The van der Waals surface area contributed by atoms with Gasteiger partial charge in [-0.05, 0) is 19.8 Å². The van der Waals surface area contributed by atoms with Gasteiger partial charge in [0.15, 0.2) is 0 Å². The zero-order valence-electron chi connectivity index (χ0n) is 9.85. The summed E-state index contributed by atoms with van der Waals surface area (Å²) in [4.78, 5) is 13.7. The highest BCUT2D eigenvalue weighted by molar-refractivity contribution is 5.78. The summed E-state index contributed by atoms with van der Waals surface area (Å²) in [6.07, 6.45) is 1.84. The number of nitriles is 1. The summed E-state index contributed by atoms with van der Waals surface area (Å²) in [5.74, 6) is 0.888. The molecule has 1 aromatic heterocycles. The zero-order chi connectivity index (χ0) is 12.3. The molecule has 0 N–H and O–H groups in total. The van der Waals surface area contributed by atoms with Crippen molar-refractivity contribution in [1.29, 1.82) is 5.26 Å². The van der Waals surface area contributed by atoms with E-state index in [4.69, 9.17) is 9.78 Å². The van der Waals surface area contributed by atoms with Crippen LogP contribution in [0.25, 0.3) is 0 Å². The van der Waals surface area contributed by atoms with E-state index in [0.29, 0.717) is 18.8 Å². The summed E-state index contributed by atoms with van der Waals surface area (Å²) in [6.45, 7) is 3.15. The number of amides is 1. The summed E-state index contributed by atoms with van der Waals surface area (Å²) < 4.78 is 4.92. The largest absolute Gasteiger partial charge is 0.361 e. The molecule has 0 aliphatic carbocycles. The molecule has 17 heavy (non-hydrogen) atoms. The van der Waals surface area contributed by atoms with Gasteiger partial charge in [-0.2, -0.15) is 5.26 Å². The standard InChI is InChI=1S/C12H15N3O2/c1-9-6-11(14-17-9)7-12(16)15-4-2-10(8-13)3-5-15/h6,10H,2-5,7H2,1H3. The molecule has 0 spiro atoms. The maximum atomic E-state index is 11.9. The fourth-order valence-electron chi connectivity index (χ4n) is 2.03. The molecule has 1 fully saturated rings. The van der Waals surface area contributed by atoms with Crippen molar-refractivity contribution in [3.8, 4) is 6.07 Å². The van der Waals surface area contributed by atoms with Crippen molar-refractivity contribution in [2.75, 3.05) is 13.1 Å². The second-order valence-electron chi connectivity index (χ2n) is 4.39. The average molecular weight is 233 g/mol. The first-order valence-electron chi connectivity index (χ1n) is 5.78. The fraction of sp³-hybridized carbons (Fsp3) is 0.583. The molecular formula is C12H15N3O2. The van der Waals surface area contributed by atoms with Crippen LogP contribution in [-0.4, -0.2) is 29.1 Å². The van der Waals surface area contributed by atoms with Gasteiger partial charge in [0.05, 0.1) is 18.2 Å². The lowest BCUT2D eigenvalue weighted by Crippen LogP contribution is -2.39. The summed E-state index contributed by atoms with van der Waals surface area (Å²) >= 11 is 0. The van der Waals surface area contributed by atoms with E-state index in [1.165, 1.54) is 0 Å². The number of aryl methyl sites for hydroxylation is 1. The van der Waals surface area contributed by atoms with E-state index < -0.39 is 0 Å². The van der Waals surface area contributed by atoms with Crippen LogP contribution < -0.4 is 0 Å². The third-order valence-corrected chi connectivity index (χ3v) is 3.04. The van der Waals surface area contributed by atoms with Crippen molar-refractivity contribution < 1.29 is 9.32 Å². The molecule has 5 heteroatoms. The van der Waals surface area contributed by atoms with Gasteiger partial charge in [0.2, 0.25) is 5.91 Å². The molecule has 2 rings (SSSR count). The van der Waals surface area contributed by atoms with Gasteiger partial charge in [0.25, 0.3) is 0 Å². The number of piperidine rings is 1. The molecule has 0 atom stereocenters. The predicted molar refractivity (Wildman–Crippen MR) is 59.9 cm³/mol. The summed E-state index contributed by atoms with van der Waals surface area (Å²) in [5.41, 5.74) is 0.676. The highest BCUT2D eigenvalue weighted by Crippen LogP contribution is 2.17. The van der Waals surface area contributed by atoms with Gasteiger partial charge in [-0.25, -0.2) is 0 Å². The van der Waals surface area contributed by atoms with E-state index in [1.807, 2.05) is 0 Å². The monoisotopic (exact) mass is 233 g/mol. The van der Waals surface area contributed by atoms with Gasteiger partial charge in [-0.1, -0.05) is 5.16 Å². The SMILES string of the molecule is Cc1cc(CC(=O)N2CCC(C#N)CC2)no1. The molecule has 2 heterocycles. The van der Waals surface area contributed by atoms with Gasteiger partial charge in [-0.3, -0.25) is 4.79 Å². The number of aromatic nitrogens is 1. The smallest absolute Gasteiger partial charge is 0.228 e. The Morgan fingerprint density at radius 2 is 2.35 bits per heavy atom. The van der Waals surface area contributed by atoms with E-state index in [0.717, 1.165) is 18.6 Å². The lowest BCUT2D eigenvalue weighted by molar-refractivity contribution is -0.131. The van der Waals surface area contributed by atoms with Crippen molar-refractivity contribution in [2.24, 2.45) is 5.92 Å². The fourth-order valence-corrected chi connectivity index (χ4v) is 2.03. The quantitative estimate of drug-likeness (QED) is 0.771. The number of rotatable bonds is 2. The molecular weight excluding hydrogens is 218 g/mol. The first-order chi connectivity index (χ1) is 8.19. The molecule has 0 bridgehead atoms. The van der Waals surface area contributed by atoms with Gasteiger partial charge < -0.3 is 9.42 Å². The number of likely N-dealkylation sites (tertiary alicyclic amines) is 1. The second-order valence-corrected chi connectivity index (χ2v) is 4.39. The Morgan fingerprint density at radius 3 is 2.88 bits per heavy atom. The Kier molecular flexibility index (Phi) is 3.43. The lowest BCUT2D eigenvalue weighted by Gasteiger charge is -2.28. The predicted octanol–water partition coefficient (Wildman–Crippen LogP) is 1.29. The first-order valence-corrected chi connectivity index (χ1v) is 5.78. The van der Waals surface area contributed by atoms with Crippen LogP contribution in [-0.2, 0) is 11.2 Å². The number of nitrogens with zero attached hydrogens (tertiary/aromatic N) is 3. The molecule has 0 aromatic carbocycles. The van der Waals surface area contributed by atoms with Crippen molar-refractivity contribution in [3.63, 3.8) is 0 Å². The molecule has 1 amide bonds. The highest BCUT2D eigenvalue weighted by Gasteiger charge is 2.23. The number of hydrogen-bond acceptors (Lipinski definition) is 4. The van der Waals surface area contributed by atoms with Crippen molar-refractivity contribution in [3.05, 3.63) is 17.5 Å². The van der Waals surface area contributed by atoms with Crippen LogP contribution in [0.5, 0.6) is 0 Å². The number of hydrogen-bond donors (Lipinski definition) is 0. The molecule has 1 saturated heterocycles. The minimum absolute atomic E-state index is 0.0645. The maximum Gasteiger partial charge on any atom is 0.228 e. The van der Waals surface area contributed by atoms with Crippen molar-refractivity contribution in [1.82, 2.24) is 10.1 Å². The number of carbonyl (C=O) groups is 1. The van der Waals surface area contributed by atoms with E-state index in [2.05, 4.69) is 11.2 Å². The van der Waals surface area contributed by atoms with Gasteiger partial charge in [0.1, 0.15) is 5.76 Å². The minimum Gasteiger partial charge on any atom is -0.361 e. The van der Waals surface area contributed by atoms with Crippen molar-refractivity contribution >= 4 is 5.91 Å². The Balaban J connectivity index is 1.87. The van der Waals surface area contributed by atoms with E-state index in [9.17, 15) is 4.79 Å².